The Bertz CT molecular complexity index is 110. The summed E-state index contributed by atoms with van der Waals surface area (Å²) in [7, 11) is 0. The minimum atomic E-state index is 0.306. The Balaban J connectivity index is -0.000000174. The predicted octanol–water partition coefficient (Wildman–Crippen LogP) is 2.68. The molecule has 3 nitrogen and oxygen atoms in total. The highest BCUT2D eigenvalue weighted by Gasteiger charge is 1.90. The largest absolute Gasteiger partial charge is 0.396 e. The maximum absolute atomic E-state index is 8.33. The monoisotopic (exact) mass is 250 g/mol. The summed E-state index contributed by atoms with van der Waals surface area (Å²) in [6.45, 7) is 13.2. The van der Waals surface area contributed by atoms with Crippen LogP contribution < -0.4 is 0 Å². The van der Waals surface area contributed by atoms with Crippen LogP contribution in [0.3, 0.4) is 0 Å². The van der Waals surface area contributed by atoms with Crippen molar-refractivity contribution in [2.75, 3.05) is 19.8 Å². The van der Waals surface area contributed by atoms with Gasteiger partial charge in [0.2, 0.25) is 0 Å². The first-order valence-corrected chi connectivity index (χ1v) is 6.68. The normalized spacial score (nSPS) is 11.5. The quantitative estimate of drug-likeness (QED) is 0.703. The van der Waals surface area contributed by atoms with Gasteiger partial charge in [0.15, 0.2) is 0 Å². The molecule has 1 unspecified atom stereocenters. The first-order valence-electron chi connectivity index (χ1n) is 6.68. The maximum atomic E-state index is 8.33. The molecule has 0 radical (unpaired) electrons. The van der Waals surface area contributed by atoms with Crippen LogP contribution in [0, 0.1) is 17.8 Å². The average molecular weight is 250 g/mol. The Morgan fingerprint density at radius 3 is 1.18 bits per heavy atom. The van der Waals surface area contributed by atoms with Crippen molar-refractivity contribution in [3.63, 3.8) is 0 Å². The van der Waals surface area contributed by atoms with E-state index < -0.39 is 0 Å². The second kappa shape index (κ2) is 18.3. The van der Waals surface area contributed by atoms with Gasteiger partial charge in [-0.15, -0.1) is 0 Å². The molecule has 0 aromatic heterocycles. The van der Waals surface area contributed by atoms with E-state index in [9.17, 15) is 0 Å². The third kappa shape index (κ3) is 38.8. The van der Waals surface area contributed by atoms with E-state index in [4.69, 9.17) is 15.3 Å². The summed E-state index contributed by atoms with van der Waals surface area (Å²) in [5.41, 5.74) is 0. The summed E-state index contributed by atoms with van der Waals surface area (Å²) in [6.07, 6.45) is 2.01. The number of hydrogen-bond donors (Lipinski definition) is 3. The smallest absolute Gasteiger partial charge is 0.0456 e. The van der Waals surface area contributed by atoms with E-state index in [0.717, 1.165) is 12.8 Å². The Labute approximate surface area is 108 Å². The lowest BCUT2D eigenvalue weighted by atomic mass is 10.1. The van der Waals surface area contributed by atoms with Crippen LogP contribution in [-0.4, -0.2) is 35.1 Å². The third-order valence-electron chi connectivity index (χ3n) is 2.08. The minimum absolute atomic E-state index is 0.306. The van der Waals surface area contributed by atoms with Gasteiger partial charge < -0.3 is 15.3 Å². The first-order chi connectivity index (χ1) is 7.85. The Hall–Kier alpha value is -0.120. The van der Waals surface area contributed by atoms with E-state index in [1.165, 1.54) is 0 Å². The van der Waals surface area contributed by atoms with E-state index in [0.29, 0.717) is 37.6 Å². The number of aliphatic hydroxyl groups is 3. The molecule has 3 heteroatoms. The molecule has 0 heterocycles. The lowest BCUT2D eigenvalue weighted by molar-refractivity contribution is 0.234. The van der Waals surface area contributed by atoms with Crippen LogP contribution in [0.25, 0.3) is 0 Å². The van der Waals surface area contributed by atoms with E-state index in [-0.39, 0.29) is 0 Å². The van der Waals surface area contributed by atoms with Gasteiger partial charge in [0.1, 0.15) is 0 Å². The highest BCUT2D eigenvalue weighted by molar-refractivity contribution is 4.41. The van der Waals surface area contributed by atoms with Gasteiger partial charge in [-0.3, -0.25) is 0 Å². The van der Waals surface area contributed by atoms with Gasteiger partial charge in [-0.1, -0.05) is 48.0 Å². The molecule has 0 rings (SSSR count). The predicted molar refractivity (Wildman–Crippen MR) is 75.0 cm³/mol. The molecular formula is C14H34O3. The van der Waals surface area contributed by atoms with Crippen molar-refractivity contribution >= 4 is 0 Å². The van der Waals surface area contributed by atoms with Gasteiger partial charge in [0, 0.05) is 19.8 Å². The van der Waals surface area contributed by atoms with Gasteiger partial charge in [-0.05, 0) is 24.2 Å². The van der Waals surface area contributed by atoms with Crippen molar-refractivity contribution in [1.29, 1.82) is 0 Å². The van der Waals surface area contributed by atoms with Crippen LogP contribution in [-0.2, 0) is 0 Å². The first kappa shape index (κ1) is 22.1. The van der Waals surface area contributed by atoms with Crippen molar-refractivity contribution in [3.05, 3.63) is 0 Å². The molecule has 3 N–H and O–H groups in total. The molecule has 0 spiro atoms. The third-order valence-corrected chi connectivity index (χ3v) is 2.08. The van der Waals surface area contributed by atoms with Gasteiger partial charge in [0.25, 0.3) is 0 Å². The van der Waals surface area contributed by atoms with Crippen molar-refractivity contribution in [2.24, 2.45) is 17.8 Å². The number of aliphatic hydroxyl groups excluding tert-OH is 3. The van der Waals surface area contributed by atoms with E-state index in [1.54, 1.807) is 0 Å². The molecular weight excluding hydrogens is 216 g/mol. The van der Waals surface area contributed by atoms with Crippen molar-refractivity contribution in [2.45, 2.75) is 54.4 Å². The van der Waals surface area contributed by atoms with Gasteiger partial charge in [-0.25, -0.2) is 0 Å². The van der Waals surface area contributed by atoms with Crippen LogP contribution in [0.4, 0.5) is 0 Å². The lowest BCUT2D eigenvalue weighted by Crippen LogP contribution is -1.96. The maximum Gasteiger partial charge on any atom is 0.0456 e. The molecule has 0 fully saturated rings. The zero-order valence-electron chi connectivity index (χ0n) is 12.6. The molecule has 0 aromatic carbocycles. The second-order valence-electron chi connectivity index (χ2n) is 5.18. The fourth-order valence-corrected chi connectivity index (χ4v) is 0.387. The van der Waals surface area contributed by atoms with Crippen LogP contribution in [0.1, 0.15) is 54.4 Å². The molecule has 0 aliphatic rings. The summed E-state index contributed by atoms with van der Waals surface area (Å²) in [5.74, 6) is 1.58. The van der Waals surface area contributed by atoms with Crippen LogP contribution in [0.15, 0.2) is 0 Å². The van der Waals surface area contributed by atoms with Crippen LogP contribution in [0.2, 0.25) is 0 Å². The molecule has 17 heavy (non-hydrogen) atoms. The molecule has 0 amide bonds. The van der Waals surface area contributed by atoms with Crippen molar-refractivity contribution in [3.8, 4) is 0 Å². The Kier molecular flexibility index (Phi) is 23.7. The highest BCUT2D eigenvalue weighted by Crippen LogP contribution is 1.95. The molecule has 1 atom stereocenters. The number of rotatable bonds is 5. The molecule has 108 valence electrons. The lowest BCUT2D eigenvalue weighted by Gasteiger charge is -1.98. The summed E-state index contributed by atoms with van der Waals surface area (Å²) < 4.78 is 0. The molecule has 0 saturated heterocycles. The van der Waals surface area contributed by atoms with Crippen LogP contribution in [0.5, 0.6) is 0 Å². The van der Waals surface area contributed by atoms with Gasteiger partial charge >= 0.3 is 0 Å². The summed E-state index contributed by atoms with van der Waals surface area (Å²) >= 11 is 0. The van der Waals surface area contributed by atoms with E-state index in [2.05, 4.69) is 20.8 Å². The SMILES string of the molecule is CC(C)CCO.CC(C)CO.CCC(C)CO. The summed E-state index contributed by atoms with van der Waals surface area (Å²) in [4.78, 5) is 0. The van der Waals surface area contributed by atoms with E-state index >= 15 is 0 Å². The topological polar surface area (TPSA) is 60.7 Å². The van der Waals surface area contributed by atoms with Crippen molar-refractivity contribution in [1.82, 2.24) is 0 Å². The standard InChI is InChI=1S/2C5H12O.C4H10O/c1-5(2)3-4-6;1-3-5(2)4-6;1-4(2)3-5/h2*5-6H,3-4H2,1-2H3;4-5H,3H2,1-2H3. The Morgan fingerprint density at radius 1 is 0.765 bits per heavy atom. The highest BCUT2D eigenvalue weighted by atomic mass is 16.3. The zero-order valence-corrected chi connectivity index (χ0v) is 12.6. The minimum Gasteiger partial charge on any atom is -0.396 e. The summed E-state index contributed by atoms with van der Waals surface area (Å²) in [5, 5.41) is 24.7. The molecule has 0 saturated carbocycles. The number of hydrogen-bond acceptors (Lipinski definition) is 3. The molecule has 0 aromatic rings. The summed E-state index contributed by atoms with van der Waals surface area (Å²) in [6, 6.07) is 0. The fourth-order valence-electron chi connectivity index (χ4n) is 0.387. The average Bonchev–Trinajstić information content (AvgIpc) is 2.29. The van der Waals surface area contributed by atoms with E-state index in [1.807, 2.05) is 20.8 Å². The molecule has 0 aliphatic carbocycles. The Morgan fingerprint density at radius 2 is 1.18 bits per heavy atom. The molecule has 0 bridgehead atoms. The van der Waals surface area contributed by atoms with Gasteiger partial charge in [-0.2, -0.15) is 0 Å². The second-order valence-corrected chi connectivity index (χ2v) is 5.18. The molecule has 0 aliphatic heterocycles. The van der Waals surface area contributed by atoms with Crippen molar-refractivity contribution < 1.29 is 15.3 Å². The van der Waals surface area contributed by atoms with Gasteiger partial charge in [0.05, 0.1) is 0 Å². The fraction of sp³-hybridized carbons (Fsp3) is 1.00. The van der Waals surface area contributed by atoms with Crippen LogP contribution >= 0.6 is 0 Å². The zero-order chi connectivity index (χ0) is 14.3.